The predicted molar refractivity (Wildman–Crippen MR) is 80.1 cm³/mol. The van der Waals surface area contributed by atoms with Crippen LogP contribution in [0.5, 0.6) is 0 Å². The topological polar surface area (TPSA) is 24.4 Å². The fourth-order valence-corrected chi connectivity index (χ4v) is 4.94. The minimum Gasteiger partial charge on any atom is -0.362 e. The molecule has 3 rings (SSSR count). The largest absolute Gasteiger partial charge is 0.362 e. The zero-order valence-electron chi connectivity index (χ0n) is 11.7. The van der Waals surface area contributed by atoms with E-state index in [4.69, 9.17) is 4.99 Å². The van der Waals surface area contributed by atoms with Gasteiger partial charge in [-0.05, 0) is 43.4 Å². The maximum atomic E-state index is 5.00. The number of aliphatic imine (C=N–C) groups is 1. The van der Waals surface area contributed by atoms with Crippen molar-refractivity contribution in [2.24, 2.45) is 22.7 Å². The maximum Gasteiger partial charge on any atom is 0.157 e. The van der Waals surface area contributed by atoms with Gasteiger partial charge in [-0.25, -0.2) is 0 Å². The third kappa shape index (κ3) is 2.56. The normalized spacial score (nSPS) is 44.3. The van der Waals surface area contributed by atoms with Gasteiger partial charge < -0.3 is 5.32 Å². The van der Waals surface area contributed by atoms with Crippen molar-refractivity contribution in [1.29, 1.82) is 0 Å². The van der Waals surface area contributed by atoms with Crippen LogP contribution in [0.4, 0.5) is 0 Å². The number of hydrogen-bond acceptors (Lipinski definition) is 3. The van der Waals surface area contributed by atoms with E-state index in [2.05, 4.69) is 19.2 Å². The molecule has 1 heterocycles. The Morgan fingerprint density at radius 2 is 1.94 bits per heavy atom. The van der Waals surface area contributed by atoms with Gasteiger partial charge in [0.15, 0.2) is 5.17 Å². The highest BCUT2D eigenvalue weighted by Crippen LogP contribution is 2.35. The fourth-order valence-electron chi connectivity index (χ4n) is 3.73. The zero-order chi connectivity index (χ0) is 12.5. The van der Waals surface area contributed by atoms with Crippen molar-refractivity contribution in [3.63, 3.8) is 0 Å². The number of thioether (sulfide) groups is 1. The summed E-state index contributed by atoms with van der Waals surface area (Å²) in [6, 6.07) is 1.31. The Kier molecular flexibility index (Phi) is 3.88. The second-order valence-corrected chi connectivity index (χ2v) is 7.53. The van der Waals surface area contributed by atoms with Crippen LogP contribution >= 0.6 is 11.8 Å². The van der Waals surface area contributed by atoms with Crippen molar-refractivity contribution in [3.8, 4) is 0 Å². The highest BCUT2D eigenvalue weighted by atomic mass is 32.2. The molecule has 102 valence electrons. The summed E-state index contributed by atoms with van der Waals surface area (Å²) in [6.45, 7) is 4.78. The summed E-state index contributed by atoms with van der Waals surface area (Å²) in [5.41, 5.74) is 0. The van der Waals surface area contributed by atoms with E-state index < -0.39 is 0 Å². The SMILES string of the molecule is CC1CCC(NC2=NC3CCCCC3CS2)C1C. The number of hydrogen-bond donors (Lipinski definition) is 1. The quantitative estimate of drug-likeness (QED) is 0.783. The summed E-state index contributed by atoms with van der Waals surface area (Å²) in [4.78, 5) is 5.00. The summed E-state index contributed by atoms with van der Waals surface area (Å²) < 4.78 is 0. The molecule has 1 N–H and O–H groups in total. The summed E-state index contributed by atoms with van der Waals surface area (Å²) in [5, 5.41) is 5.00. The average molecular weight is 266 g/mol. The van der Waals surface area contributed by atoms with Crippen LogP contribution in [0.25, 0.3) is 0 Å². The average Bonchev–Trinajstić information content (AvgIpc) is 2.71. The smallest absolute Gasteiger partial charge is 0.157 e. The molecule has 3 aliphatic rings. The molecule has 0 saturated heterocycles. The Morgan fingerprint density at radius 1 is 1.11 bits per heavy atom. The molecule has 2 saturated carbocycles. The number of rotatable bonds is 1. The summed E-state index contributed by atoms with van der Waals surface area (Å²) in [7, 11) is 0. The van der Waals surface area contributed by atoms with Crippen LogP contribution in [0.1, 0.15) is 52.4 Å². The molecule has 1 aliphatic heterocycles. The first-order valence-corrected chi connectivity index (χ1v) is 8.69. The van der Waals surface area contributed by atoms with Gasteiger partial charge in [-0.3, -0.25) is 4.99 Å². The molecule has 0 bridgehead atoms. The Balaban J connectivity index is 1.61. The summed E-state index contributed by atoms with van der Waals surface area (Å²) in [5.74, 6) is 3.85. The number of nitrogens with zero attached hydrogens (tertiary/aromatic N) is 1. The van der Waals surface area contributed by atoms with Crippen LogP contribution in [-0.4, -0.2) is 23.0 Å². The van der Waals surface area contributed by atoms with Crippen molar-refractivity contribution in [3.05, 3.63) is 0 Å². The highest BCUT2D eigenvalue weighted by Gasteiger charge is 2.33. The van der Waals surface area contributed by atoms with Crippen molar-refractivity contribution in [2.45, 2.75) is 64.5 Å². The van der Waals surface area contributed by atoms with E-state index in [0.717, 1.165) is 17.8 Å². The van der Waals surface area contributed by atoms with Crippen LogP contribution in [0.2, 0.25) is 0 Å². The van der Waals surface area contributed by atoms with Crippen molar-refractivity contribution in [2.75, 3.05) is 5.75 Å². The monoisotopic (exact) mass is 266 g/mol. The third-order valence-corrected chi connectivity index (χ3v) is 6.45. The number of nitrogens with one attached hydrogen (secondary N) is 1. The number of amidine groups is 1. The van der Waals surface area contributed by atoms with Gasteiger partial charge in [-0.15, -0.1) is 0 Å². The molecule has 2 fully saturated rings. The van der Waals surface area contributed by atoms with Gasteiger partial charge in [-0.2, -0.15) is 0 Å². The molecule has 0 amide bonds. The first-order chi connectivity index (χ1) is 8.74. The molecule has 0 aromatic heterocycles. The first-order valence-electron chi connectivity index (χ1n) is 7.71. The molecule has 0 aromatic rings. The van der Waals surface area contributed by atoms with Crippen molar-refractivity contribution in [1.82, 2.24) is 5.32 Å². The third-order valence-electron chi connectivity index (χ3n) is 5.36. The molecule has 3 heteroatoms. The van der Waals surface area contributed by atoms with Gasteiger partial charge in [-0.1, -0.05) is 38.5 Å². The zero-order valence-corrected chi connectivity index (χ0v) is 12.5. The highest BCUT2D eigenvalue weighted by molar-refractivity contribution is 8.13. The molecule has 2 aliphatic carbocycles. The van der Waals surface area contributed by atoms with Crippen LogP contribution in [0, 0.1) is 17.8 Å². The Bertz CT molecular complexity index is 328. The van der Waals surface area contributed by atoms with Crippen LogP contribution in [-0.2, 0) is 0 Å². The molecular formula is C15H26N2S. The minimum atomic E-state index is 0.636. The first kappa shape index (κ1) is 12.8. The number of fused-ring (bicyclic) bond motifs is 1. The Morgan fingerprint density at radius 3 is 2.72 bits per heavy atom. The standard InChI is InChI=1S/C15H26N2S/c1-10-7-8-13(11(10)2)16-15-17-14-6-4-3-5-12(14)9-18-15/h10-14H,3-9H2,1-2H3,(H,16,17). The lowest BCUT2D eigenvalue weighted by atomic mass is 9.86. The molecule has 5 atom stereocenters. The van der Waals surface area contributed by atoms with Crippen molar-refractivity contribution < 1.29 is 0 Å². The van der Waals surface area contributed by atoms with Crippen molar-refractivity contribution >= 4 is 16.9 Å². The van der Waals surface area contributed by atoms with E-state index >= 15 is 0 Å². The second-order valence-electron chi connectivity index (χ2n) is 6.52. The van der Waals surface area contributed by atoms with Gasteiger partial charge >= 0.3 is 0 Å². The van der Waals surface area contributed by atoms with Crippen LogP contribution < -0.4 is 5.32 Å². The summed E-state index contributed by atoms with van der Waals surface area (Å²) >= 11 is 1.98. The molecule has 0 spiro atoms. The Labute approximate surface area is 115 Å². The molecule has 2 nitrogen and oxygen atoms in total. The van der Waals surface area contributed by atoms with Gasteiger partial charge in [0.25, 0.3) is 0 Å². The van der Waals surface area contributed by atoms with Gasteiger partial charge in [0.1, 0.15) is 0 Å². The molecule has 0 radical (unpaired) electrons. The molecule has 18 heavy (non-hydrogen) atoms. The fraction of sp³-hybridized carbons (Fsp3) is 0.933. The minimum absolute atomic E-state index is 0.636. The second kappa shape index (κ2) is 5.44. The van der Waals surface area contributed by atoms with Gasteiger partial charge in [0.2, 0.25) is 0 Å². The van der Waals surface area contributed by atoms with E-state index in [1.807, 2.05) is 11.8 Å². The molecule has 5 unspecified atom stereocenters. The summed E-state index contributed by atoms with van der Waals surface area (Å²) in [6.07, 6.45) is 8.26. The van der Waals surface area contributed by atoms with Gasteiger partial charge in [0.05, 0.1) is 6.04 Å². The lowest BCUT2D eigenvalue weighted by Crippen LogP contribution is -2.40. The van der Waals surface area contributed by atoms with Crippen LogP contribution in [0.3, 0.4) is 0 Å². The van der Waals surface area contributed by atoms with E-state index in [0.29, 0.717) is 12.1 Å². The lowest BCUT2D eigenvalue weighted by molar-refractivity contribution is 0.334. The predicted octanol–water partition coefficient (Wildman–Crippen LogP) is 3.67. The van der Waals surface area contributed by atoms with E-state index in [9.17, 15) is 0 Å². The van der Waals surface area contributed by atoms with E-state index in [1.54, 1.807) is 0 Å². The maximum absolute atomic E-state index is 5.00. The lowest BCUT2D eigenvalue weighted by Gasteiger charge is -2.34. The van der Waals surface area contributed by atoms with Gasteiger partial charge in [0, 0.05) is 11.8 Å². The van der Waals surface area contributed by atoms with E-state index in [1.165, 1.54) is 49.4 Å². The Hall–Kier alpha value is -0.180. The van der Waals surface area contributed by atoms with Crippen LogP contribution in [0.15, 0.2) is 4.99 Å². The van der Waals surface area contributed by atoms with E-state index in [-0.39, 0.29) is 0 Å². The molecule has 0 aromatic carbocycles. The molecular weight excluding hydrogens is 240 g/mol.